The Hall–Kier alpha value is -6.88. The molecule has 9 aromatic carbocycles. The summed E-state index contributed by atoms with van der Waals surface area (Å²) in [6, 6.07) is 62.8. The molecule has 54 heavy (non-hydrogen) atoms. The van der Waals surface area contributed by atoms with Crippen LogP contribution in [-0.2, 0) is 0 Å². The summed E-state index contributed by atoms with van der Waals surface area (Å²) >= 11 is 1.86. The average Bonchev–Trinajstić information content (AvgIpc) is 3.93. The van der Waals surface area contributed by atoms with Gasteiger partial charge in [0.15, 0.2) is 5.58 Å². The van der Waals surface area contributed by atoms with E-state index in [2.05, 4.69) is 181 Å². The van der Waals surface area contributed by atoms with Crippen molar-refractivity contribution in [3.05, 3.63) is 176 Å². The molecule has 0 radical (unpaired) electrons. The predicted molar refractivity (Wildman–Crippen MR) is 229 cm³/mol. The zero-order chi connectivity index (χ0) is 35.3. The molecule has 0 saturated carbocycles. The molecule has 3 aromatic heterocycles. The van der Waals surface area contributed by atoms with Gasteiger partial charge in [-0.15, -0.1) is 11.3 Å². The van der Waals surface area contributed by atoms with Crippen molar-refractivity contribution in [1.29, 1.82) is 0 Å². The van der Waals surface area contributed by atoms with Crippen LogP contribution in [0.1, 0.15) is 0 Å². The van der Waals surface area contributed by atoms with Crippen molar-refractivity contribution in [1.82, 2.24) is 0 Å². The van der Waals surface area contributed by atoms with Crippen molar-refractivity contribution in [3.63, 3.8) is 0 Å². The molecule has 3 heterocycles. The van der Waals surface area contributed by atoms with Crippen molar-refractivity contribution >= 4 is 114 Å². The topological polar surface area (TPSA) is 29.5 Å². The smallest absolute Gasteiger partial charge is 0.159 e. The van der Waals surface area contributed by atoms with Crippen LogP contribution in [0.15, 0.2) is 185 Å². The fourth-order valence-electron chi connectivity index (χ4n) is 8.61. The highest BCUT2D eigenvalue weighted by molar-refractivity contribution is 7.27. The number of para-hydroxylation sites is 2. The van der Waals surface area contributed by atoms with Crippen molar-refractivity contribution in [2.24, 2.45) is 0 Å². The molecule has 0 spiro atoms. The number of furan rings is 2. The lowest BCUT2D eigenvalue weighted by Gasteiger charge is -2.27. The second-order valence-electron chi connectivity index (χ2n) is 14.0. The van der Waals surface area contributed by atoms with Crippen LogP contribution >= 0.6 is 11.3 Å². The van der Waals surface area contributed by atoms with Crippen LogP contribution in [0, 0.1) is 0 Å². The maximum atomic E-state index is 6.99. The number of hydrogen-bond acceptors (Lipinski definition) is 4. The summed E-state index contributed by atoms with van der Waals surface area (Å²) in [5.41, 5.74) is 8.76. The minimum absolute atomic E-state index is 0.844. The molecular formula is C50H29NO2S. The van der Waals surface area contributed by atoms with Crippen molar-refractivity contribution in [2.75, 3.05) is 4.90 Å². The molecule has 0 aliphatic rings. The molecule has 12 rings (SSSR count). The molecule has 12 aromatic rings. The van der Waals surface area contributed by atoms with E-state index in [-0.39, 0.29) is 0 Å². The van der Waals surface area contributed by atoms with Gasteiger partial charge in [0.25, 0.3) is 0 Å². The third kappa shape index (κ3) is 4.23. The van der Waals surface area contributed by atoms with Gasteiger partial charge in [-0.25, -0.2) is 0 Å². The zero-order valence-electron chi connectivity index (χ0n) is 28.9. The molecule has 0 bridgehead atoms. The molecule has 252 valence electrons. The third-order valence-corrected chi connectivity index (χ3v) is 12.2. The highest BCUT2D eigenvalue weighted by Crippen LogP contribution is 2.49. The van der Waals surface area contributed by atoms with Crippen molar-refractivity contribution in [3.8, 4) is 11.1 Å². The first kappa shape index (κ1) is 29.7. The first-order valence-electron chi connectivity index (χ1n) is 18.3. The van der Waals surface area contributed by atoms with E-state index >= 15 is 0 Å². The van der Waals surface area contributed by atoms with E-state index in [1.165, 1.54) is 36.3 Å². The van der Waals surface area contributed by atoms with Crippen LogP contribution in [0.25, 0.3) is 96.7 Å². The van der Waals surface area contributed by atoms with Gasteiger partial charge in [-0.2, -0.15) is 0 Å². The van der Waals surface area contributed by atoms with Crippen LogP contribution in [0.5, 0.6) is 0 Å². The standard InChI is InChI=1S/C50H29NO2S/c1-2-11-30(12-3-1)34-15-8-9-19-41(34)51(33-23-26-37-38-24-21-31-13-4-6-16-35(31)48(38)53-44(37)29-33)42-20-10-18-39-46-43(52-49(39)42)27-28-45-47(46)40-25-22-32-14-5-7-17-36(32)50(40)54-45/h1-29H. The van der Waals surface area contributed by atoms with Gasteiger partial charge in [0.1, 0.15) is 16.7 Å². The fourth-order valence-corrected chi connectivity index (χ4v) is 9.86. The van der Waals surface area contributed by atoms with Crippen LogP contribution < -0.4 is 4.90 Å². The normalized spacial score (nSPS) is 12.1. The Labute approximate surface area is 313 Å². The number of benzene rings is 9. The van der Waals surface area contributed by atoms with Gasteiger partial charge in [0.2, 0.25) is 0 Å². The van der Waals surface area contributed by atoms with Crippen LogP contribution in [0.3, 0.4) is 0 Å². The SMILES string of the molecule is c1ccc(-c2ccccc2N(c2ccc3c(c2)oc2c4ccccc4ccc32)c2cccc3c2oc2ccc4sc5c6ccccc6ccc5c4c23)cc1. The van der Waals surface area contributed by atoms with Gasteiger partial charge in [-0.1, -0.05) is 127 Å². The lowest BCUT2D eigenvalue weighted by Crippen LogP contribution is -2.11. The zero-order valence-corrected chi connectivity index (χ0v) is 29.7. The summed E-state index contributed by atoms with van der Waals surface area (Å²) < 4.78 is 16.3. The second-order valence-corrected chi connectivity index (χ2v) is 15.0. The number of anilines is 3. The first-order valence-corrected chi connectivity index (χ1v) is 19.1. The lowest BCUT2D eigenvalue weighted by atomic mass is 10.0. The Kier molecular flexibility index (Phi) is 6.21. The highest BCUT2D eigenvalue weighted by atomic mass is 32.1. The number of rotatable bonds is 4. The largest absolute Gasteiger partial charge is 0.455 e. The molecule has 0 unspecified atom stereocenters. The Morgan fingerprint density at radius 3 is 1.98 bits per heavy atom. The molecule has 3 nitrogen and oxygen atoms in total. The van der Waals surface area contributed by atoms with Crippen LogP contribution in [0.4, 0.5) is 17.1 Å². The fraction of sp³-hybridized carbons (Fsp3) is 0. The van der Waals surface area contributed by atoms with E-state index in [4.69, 9.17) is 8.83 Å². The van der Waals surface area contributed by atoms with E-state index in [9.17, 15) is 0 Å². The molecule has 0 N–H and O–H groups in total. The van der Waals surface area contributed by atoms with E-state index in [1.54, 1.807) is 0 Å². The average molecular weight is 708 g/mol. The number of hydrogen-bond donors (Lipinski definition) is 0. The van der Waals surface area contributed by atoms with Gasteiger partial charge >= 0.3 is 0 Å². The molecule has 0 atom stereocenters. The van der Waals surface area contributed by atoms with Gasteiger partial charge in [-0.05, 0) is 64.2 Å². The summed E-state index contributed by atoms with van der Waals surface area (Å²) in [6.07, 6.45) is 0. The molecular weight excluding hydrogens is 679 g/mol. The number of thiophene rings is 1. The summed E-state index contributed by atoms with van der Waals surface area (Å²) in [4.78, 5) is 2.34. The minimum Gasteiger partial charge on any atom is -0.455 e. The minimum atomic E-state index is 0.844. The molecule has 0 aliphatic heterocycles. The van der Waals surface area contributed by atoms with Crippen LogP contribution in [-0.4, -0.2) is 0 Å². The maximum Gasteiger partial charge on any atom is 0.159 e. The number of fused-ring (bicyclic) bond motifs is 14. The van der Waals surface area contributed by atoms with E-state index in [0.29, 0.717) is 0 Å². The van der Waals surface area contributed by atoms with Gasteiger partial charge in [0.05, 0.1) is 17.1 Å². The summed E-state index contributed by atoms with van der Waals surface area (Å²) in [7, 11) is 0. The Morgan fingerprint density at radius 1 is 0.407 bits per heavy atom. The molecule has 0 aliphatic carbocycles. The Morgan fingerprint density at radius 2 is 1.09 bits per heavy atom. The summed E-state index contributed by atoms with van der Waals surface area (Å²) in [5, 5.41) is 11.8. The number of nitrogens with zero attached hydrogens (tertiary/aromatic N) is 1. The van der Waals surface area contributed by atoms with Gasteiger partial charge in [0, 0.05) is 58.7 Å². The molecule has 0 saturated heterocycles. The van der Waals surface area contributed by atoms with Crippen molar-refractivity contribution in [2.45, 2.75) is 0 Å². The quantitative estimate of drug-likeness (QED) is 0.182. The predicted octanol–water partition coefficient (Wildman–Crippen LogP) is 15.3. The maximum absolute atomic E-state index is 6.99. The van der Waals surface area contributed by atoms with Crippen LogP contribution in [0.2, 0.25) is 0 Å². The first-order chi connectivity index (χ1) is 26.8. The second kappa shape index (κ2) is 11.3. The molecule has 4 heteroatoms. The van der Waals surface area contributed by atoms with E-state index in [0.717, 1.165) is 77.5 Å². The Bertz CT molecular complexity index is 3460. The van der Waals surface area contributed by atoms with Gasteiger partial charge < -0.3 is 13.7 Å². The van der Waals surface area contributed by atoms with E-state index in [1.807, 2.05) is 11.3 Å². The summed E-state index contributed by atoms with van der Waals surface area (Å²) in [5.74, 6) is 0. The highest BCUT2D eigenvalue weighted by Gasteiger charge is 2.24. The summed E-state index contributed by atoms with van der Waals surface area (Å²) in [6.45, 7) is 0. The molecule has 0 fully saturated rings. The third-order valence-electron chi connectivity index (χ3n) is 11.0. The van der Waals surface area contributed by atoms with Crippen molar-refractivity contribution < 1.29 is 8.83 Å². The monoisotopic (exact) mass is 707 g/mol. The lowest BCUT2D eigenvalue weighted by molar-refractivity contribution is 0.669. The molecule has 0 amide bonds. The van der Waals surface area contributed by atoms with E-state index < -0.39 is 0 Å². The van der Waals surface area contributed by atoms with Gasteiger partial charge in [-0.3, -0.25) is 0 Å². The Balaban J connectivity index is 1.15.